The molecule has 0 aliphatic heterocycles. The van der Waals surface area contributed by atoms with Crippen LogP contribution in [0.4, 0.5) is 23.2 Å². The highest BCUT2D eigenvalue weighted by Crippen LogP contribution is 2.37. The third-order valence-electron chi connectivity index (χ3n) is 4.07. The number of aryl methyl sites for hydroxylation is 1. The minimum Gasteiger partial charge on any atom is -0.477 e. The molecule has 1 aromatic heterocycles. The van der Waals surface area contributed by atoms with Gasteiger partial charge in [0.2, 0.25) is 5.82 Å². The van der Waals surface area contributed by atoms with E-state index >= 15 is 0 Å². The number of nitro benzene ring substituents is 1. The maximum absolute atomic E-state index is 12.6. The third-order valence-corrected chi connectivity index (χ3v) is 4.36. The summed E-state index contributed by atoms with van der Waals surface area (Å²) in [4.78, 5) is 47.2. The highest BCUT2D eigenvalue weighted by Gasteiger charge is 2.31. The summed E-state index contributed by atoms with van der Waals surface area (Å²) in [5.74, 6) is -4.69. The number of hydrogen-bond acceptors (Lipinski definition) is 7. The van der Waals surface area contributed by atoms with Crippen LogP contribution in [0.25, 0.3) is 0 Å². The predicted octanol–water partition coefficient (Wildman–Crippen LogP) is 4.67. The van der Waals surface area contributed by atoms with Crippen LogP contribution in [0.2, 0.25) is 5.02 Å². The van der Waals surface area contributed by atoms with Crippen molar-refractivity contribution in [1.82, 2.24) is 9.97 Å². The molecule has 0 saturated heterocycles. The maximum atomic E-state index is 12.6. The lowest BCUT2D eigenvalue weighted by Crippen LogP contribution is -2.20. The quantitative estimate of drug-likeness (QED) is 0.239. The molecule has 3 rings (SSSR count). The Morgan fingerprint density at radius 2 is 1.78 bits per heavy atom. The maximum Gasteiger partial charge on any atom is 0.416 e. The molecule has 0 radical (unpaired) electrons. The summed E-state index contributed by atoms with van der Waals surface area (Å²) in [5, 5.41) is 27.7. The molecule has 0 aliphatic carbocycles. The molecule has 0 amide bonds. The first-order valence-electron chi connectivity index (χ1n) is 9.17. The summed E-state index contributed by atoms with van der Waals surface area (Å²) in [5.41, 5.74) is -4.17. The first-order chi connectivity index (χ1) is 16.6. The standard InChI is InChI=1S/C14H7ClF3NO5.C6H5FN2O3/c15-10-5-7(14(16,17)18)1-4-12(10)24-8-2-3-11(19(22)23)9(6-8)13(20)21;1-2-8-4(6(11)12)3(7)5(10)9-2/h1-6H,(H,20,21);1H3,(H,11,12)(H,8,9,10). The van der Waals surface area contributed by atoms with E-state index in [1.807, 2.05) is 4.98 Å². The smallest absolute Gasteiger partial charge is 0.416 e. The summed E-state index contributed by atoms with van der Waals surface area (Å²) in [6.45, 7) is 1.37. The van der Waals surface area contributed by atoms with Gasteiger partial charge in [-0.2, -0.15) is 17.6 Å². The van der Waals surface area contributed by atoms with E-state index in [0.29, 0.717) is 6.07 Å². The number of ether oxygens (including phenoxy) is 1. The topological polar surface area (TPSA) is 173 Å². The van der Waals surface area contributed by atoms with E-state index in [9.17, 15) is 42.1 Å². The number of carboxylic acids is 2. The number of nitro groups is 1. The van der Waals surface area contributed by atoms with Crippen LogP contribution in [0.3, 0.4) is 0 Å². The van der Waals surface area contributed by atoms with Crippen molar-refractivity contribution >= 4 is 29.2 Å². The monoisotopic (exact) mass is 533 g/mol. The van der Waals surface area contributed by atoms with Gasteiger partial charge < -0.3 is 19.9 Å². The van der Waals surface area contributed by atoms with Crippen LogP contribution in [-0.2, 0) is 6.18 Å². The van der Waals surface area contributed by atoms with Gasteiger partial charge in [-0.3, -0.25) is 14.9 Å². The van der Waals surface area contributed by atoms with Gasteiger partial charge in [-0.25, -0.2) is 14.6 Å². The SMILES string of the molecule is Cc1nc(C(=O)O)c(F)c(=O)[nH]1.O=C(O)c1cc(Oc2ccc(C(F)(F)F)cc2Cl)ccc1[N+](=O)[O-]. The minimum absolute atomic E-state index is 0.0683. The number of nitrogens with zero attached hydrogens (tertiary/aromatic N) is 2. The second kappa shape index (κ2) is 10.8. The van der Waals surface area contributed by atoms with Crippen LogP contribution in [0.15, 0.2) is 41.2 Å². The molecule has 0 saturated carbocycles. The number of aromatic amines is 1. The first-order valence-corrected chi connectivity index (χ1v) is 9.55. The van der Waals surface area contributed by atoms with Crippen molar-refractivity contribution < 1.29 is 47.0 Å². The molecule has 0 fully saturated rings. The Balaban J connectivity index is 0.000000319. The van der Waals surface area contributed by atoms with Crippen molar-refractivity contribution in [3.63, 3.8) is 0 Å². The van der Waals surface area contributed by atoms with E-state index in [0.717, 1.165) is 30.3 Å². The zero-order chi connectivity index (χ0) is 27.4. The summed E-state index contributed by atoms with van der Waals surface area (Å²) in [7, 11) is 0. The van der Waals surface area contributed by atoms with Gasteiger partial charge in [-0.15, -0.1) is 0 Å². The molecule has 0 unspecified atom stereocenters. The summed E-state index contributed by atoms with van der Waals surface area (Å²) < 4.78 is 55.5. The molecule has 11 nitrogen and oxygen atoms in total. The number of aromatic nitrogens is 2. The Morgan fingerprint density at radius 1 is 1.14 bits per heavy atom. The largest absolute Gasteiger partial charge is 0.477 e. The molecule has 3 aromatic rings. The number of alkyl halides is 3. The Labute approximate surface area is 201 Å². The average Bonchev–Trinajstić information content (AvgIpc) is 2.77. The van der Waals surface area contributed by atoms with Gasteiger partial charge in [0.05, 0.1) is 15.5 Å². The number of carboxylic acid groups (broad SMARTS) is 2. The van der Waals surface area contributed by atoms with E-state index in [1.165, 1.54) is 6.92 Å². The van der Waals surface area contributed by atoms with Crippen molar-refractivity contribution in [2.24, 2.45) is 0 Å². The molecular weight excluding hydrogens is 522 g/mol. The van der Waals surface area contributed by atoms with Crippen molar-refractivity contribution in [1.29, 1.82) is 0 Å². The summed E-state index contributed by atoms with van der Waals surface area (Å²) in [6.07, 6.45) is -4.58. The van der Waals surface area contributed by atoms with Crippen molar-refractivity contribution in [3.05, 3.63) is 90.4 Å². The number of rotatable bonds is 5. The number of nitrogens with one attached hydrogen (secondary N) is 1. The second-order valence-corrected chi connectivity index (χ2v) is 7.01. The van der Waals surface area contributed by atoms with Crippen LogP contribution >= 0.6 is 11.6 Å². The zero-order valence-electron chi connectivity index (χ0n) is 17.6. The highest BCUT2D eigenvalue weighted by atomic mass is 35.5. The van der Waals surface area contributed by atoms with E-state index in [2.05, 4.69) is 4.98 Å². The van der Waals surface area contributed by atoms with Gasteiger partial charge >= 0.3 is 18.1 Å². The molecule has 0 atom stereocenters. The van der Waals surface area contributed by atoms with E-state index in [1.54, 1.807) is 0 Å². The highest BCUT2D eigenvalue weighted by molar-refractivity contribution is 6.32. The van der Waals surface area contributed by atoms with Crippen molar-refractivity contribution in [2.45, 2.75) is 13.1 Å². The van der Waals surface area contributed by atoms with Crippen LogP contribution in [0.5, 0.6) is 11.5 Å². The van der Waals surface area contributed by atoms with Crippen molar-refractivity contribution in [2.75, 3.05) is 0 Å². The number of benzene rings is 2. The minimum atomic E-state index is -4.58. The Morgan fingerprint density at radius 3 is 2.28 bits per heavy atom. The van der Waals surface area contributed by atoms with Crippen molar-refractivity contribution in [3.8, 4) is 11.5 Å². The third kappa shape index (κ3) is 6.75. The van der Waals surface area contributed by atoms with Gasteiger partial charge in [-0.05, 0) is 31.2 Å². The molecule has 3 N–H and O–H groups in total. The van der Waals surface area contributed by atoms with Gasteiger partial charge in [0.1, 0.15) is 22.9 Å². The van der Waals surface area contributed by atoms with Crippen LogP contribution in [0.1, 0.15) is 32.2 Å². The first kappa shape index (κ1) is 27.7. The van der Waals surface area contributed by atoms with Gasteiger partial charge in [0, 0.05) is 12.1 Å². The molecule has 16 heteroatoms. The summed E-state index contributed by atoms with van der Waals surface area (Å²) in [6, 6.07) is 5.27. The zero-order valence-corrected chi connectivity index (χ0v) is 18.3. The predicted molar refractivity (Wildman–Crippen MR) is 113 cm³/mol. The van der Waals surface area contributed by atoms with Crippen LogP contribution < -0.4 is 10.3 Å². The Hall–Kier alpha value is -4.53. The molecular formula is C20H12ClF4N3O8. The lowest BCUT2D eigenvalue weighted by Gasteiger charge is -2.11. The number of hydrogen-bond donors (Lipinski definition) is 3. The number of halogens is 5. The average molecular weight is 534 g/mol. The van der Waals surface area contributed by atoms with Gasteiger partial charge in [0.15, 0.2) is 5.69 Å². The van der Waals surface area contributed by atoms with Gasteiger partial charge in [0.25, 0.3) is 11.2 Å². The van der Waals surface area contributed by atoms with E-state index in [-0.39, 0.29) is 22.3 Å². The fourth-order valence-electron chi connectivity index (χ4n) is 2.51. The van der Waals surface area contributed by atoms with Crippen LogP contribution in [0, 0.1) is 22.9 Å². The molecule has 0 spiro atoms. The summed E-state index contributed by atoms with van der Waals surface area (Å²) >= 11 is 5.72. The molecule has 2 aromatic carbocycles. The second-order valence-electron chi connectivity index (χ2n) is 6.61. The van der Waals surface area contributed by atoms with E-state index in [4.69, 9.17) is 26.6 Å². The number of carbonyl (C=O) groups is 2. The lowest BCUT2D eigenvalue weighted by molar-refractivity contribution is -0.385. The Bertz CT molecular complexity index is 1410. The van der Waals surface area contributed by atoms with E-state index < -0.39 is 56.9 Å². The molecule has 1 heterocycles. The Kier molecular flexibility index (Phi) is 8.32. The van der Waals surface area contributed by atoms with Gasteiger partial charge in [-0.1, -0.05) is 11.6 Å². The fourth-order valence-corrected chi connectivity index (χ4v) is 2.73. The number of aromatic carboxylic acids is 2. The molecule has 0 aliphatic rings. The van der Waals surface area contributed by atoms with Crippen LogP contribution in [-0.4, -0.2) is 37.0 Å². The fraction of sp³-hybridized carbons (Fsp3) is 0.100. The molecule has 190 valence electrons. The molecule has 36 heavy (non-hydrogen) atoms. The molecule has 0 bridgehead atoms. The number of H-pyrrole nitrogens is 1. The lowest BCUT2D eigenvalue weighted by atomic mass is 10.1. The normalized spacial score (nSPS) is 10.7.